The Hall–Kier alpha value is -3.24. The molecule has 31 heavy (non-hydrogen) atoms. The van der Waals surface area contributed by atoms with Gasteiger partial charge in [-0.2, -0.15) is 0 Å². The number of benzene rings is 3. The van der Waals surface area contributed by atoms with Crippen LogP contribution >= 0.6 is 0 Å². The third-order valence-corrected chi connectivity index (χ3v) is 3.40. The molecule has 0 spiro atoms. The first-order chi connectivity index (χ1) is 14.1. The second-order valence-electron chi connectivity index (χ2n) is 5.47. The van der Waals surface area contributed by atoms with Gasteiger partial charge in [0.25, 0.3) is 0 Å². The van der Waals surface area contributed by atoms with E-state index in [0.29, 0.717) is 0 Å². The molecule has 3 rings (SSSR count). The summed E-state index contributed by atoms with van der Waals surface area (Å²) in [5.74, 6) is -3.94. The standard InChI is InChI=1S/3C7H6O3.Tb/c3*8-6-4-2-1-3-5(6)7(9)10;/h3*1-4,8H,(H,9,10);. The molecule has 3 aromatic carbocycles. The summed E-state index contributed by atoms with van der Waals surface area (Å²) in [6.07, 6.45) is 0. The summed E-state index contributed by atoms with van der Waals surface area (Å²) in [7, 11) is 0. The van der Waals surface area contributed by atoms with Gasteiger partial charge in [-0.05, 0) is 36.4 Å². The van der Waals surface area contributed by atoms with E-state index in [2.05, 4.69) is 0 Å². The van der Waals surface area contributed by atoms with Gasteiger partial charge in [-0.1, -0.05) is 36.4 Å². The van der Waals surface area contributed by atoms with Gasteiger partial charge in [0.15, 0.2) is 0 Å². The maximum absolute atomic E-state index is 10.3. The van der Waals surface area contributed by atoms with Crippen molar-refractivity contribution in [1.29, 1.82) is 0 Å². The van der Waals surface area contributed by atoms with Crippen LogP contribution in [0.2, 0.25) is 0 Å². The summed E-state index contributed by atoms with van der Waals surface area (Å²) in [5.41, 5.74) is -0.201. The Balaban J connectivity index is 0.000000429. The molecular formula is C21H18O9Tb. The predicted octanol–water partition coefficient (Wildman–Crippen LogP) is 3.27. The number of phenols is 3. The average Bonchev–Trinajstić information content (AvgIpc) is 2.69. The summed E-state index contributed by atoms with van der Waals surface area (Å²) >= 11 is 0. The van der Waals surface area contributed by atoms with E-state index in [1.54, 1.807) is 36.4 Å². The van der Waals surface area contributed by atoms with Gasteiger partial charge in [0.1, 0.15) is 33.9 Å². The summed E-state index contributed by atoms with van der Waals surface area (Å²) in [6, 6.07) is 17.4. The van der Waals surface area contributed by atoms with E-state index in [1.165, 1.54) is 36.4 Å². The van der Waals surface area contributed by atoms with E-state index >= 15 is 0 Å². The van der Waals surface area contributed by atoms with Crippen molar-refractivity contribution in [2.45, 2.75) is 0 Å². The van der Waals surface area contributed by atoms with Crippen LogP contribution in [0.3, 0.4) is 0 Å². The fraction of sp³-hybridized carbons (Fsp3) is 0. The molecule has 0 amide bonds. The molecule has 0 unspecified atom stereocenters. The number of carboxylic acids is 3. The Bertz CT molecular complexity index is 903. The number of aromatic carboxylic acids is 3. The van der Waals surface area contributed by atoms with E-state index < -0.39 is 17.9 Å². The van der Waals surface area contributed by atoms with Crippen LogP contribution in [-0.2, 0) is 0 Å². The molecule has 6 N–H and O–H groups in total. The third-order valence-electron chi connectivity index (χ3n) is 3.40. The number of para-hydroxylation sites is 3. The normalized spacial score (nSPS) is 8.90. The molecule has 0 heterocycles. The van der Waals surface area contributed by atoms with Gasteiger partial charge < -0.3 is 30.6 Å². The minimum Gasteiger partial charge on any atom is -0.507 e. The molecule has 0 aromatic heterocycles. The summed E-state index contributed by atoms with van der Waals surface area (Å²) in [6.45, 7) is 0. The number of aromatic hydroxyl groups is 3. The maximum atomic E-state index is 10.3. The fourth-order valence-corrected chi connectivity index (χ4v) is 1.96. The quantitative estimate of drug-likeness (QED) is 0.275. The molecule has 0 saturated carbocycles. The number of hydrogen-bond acceptors (Lipinski definition) is 6. The second kappa shape index (κ2) is 13.9. The Labute approximate surface area is 207 Å². The van der Waals surface area contributed by atoms with Gasteiger partial charge in [-0.15, -0.1) is 0 Å². The van der Waals surface area contributed by atoms with E-state index in [-0.39, 0.29) is 72.6 Å². The molecule has 0 aliphatic carbocycles. The smallest absolute Gasteiger partial charge is 0.339 e. The third kappa shape index (κ3) is 9.40. The van der Waals surface area contributed by atoms with E-state index in [4.69, 9.17) is 30.6 Å². The zero-order valence-electron chi connectivity index (χ0n) is 15.7. The fourth-order valence-electron chi connectivity index (χ4n) is 1.96. The van der Waals surface area contributed by atoms with E-state index in [9.17, 15) is 14.4 Å². The zero-order valence-corrected chi connectivity index (χ0v) is 17.8. The van der Waals surface area contributed by atoms with Crippen molar-refractivity contribution in [3.8, 4) is 17.2 Å². The Morgan fingerprint density at radius 3 is 0.774 bits per heavy atom. The molecule has 0 aliphatic heterocycles. The zero-order chi connectivity index (χ0) is 22.7. The molecule has 0 saturated heterocycles. The largest absolute Gasteiger partial charge is 0.507 e. The van der Waals surface area contributed by atoms with E-state index in [1.807, 2.05) is 0 Å². The van der Waals surface area contributed by atoms with Crippen molar-refractivity contribution < 1.29 is 83.6 Å². The van der Waals surface area contributed by atoms with Crippen LogP contribution in [0.15, 0.2) is 72.8 Å². The minimum absolute atomic E-state index is 0. The SMILES string of the molecule is O=C(O)c1ccccc1O.O=C(O)c1ccccc1O.O=C(O)c1ccccc1O.[Tb]. The van der Waals surface area contributed by atoms with Crippen LogP contribution < -0.4 is 0 Å². The van der Waals surface area contributed by atoms with Crippen molar-refractivity contribution in [2.24, 2.45) is 0 Å². The molecule has 10 heteroatoms. The predicted molar refractivity (Wildman–Crippen MR) is 105 cm³/mol. The molecule has 0 bridgehead atoms. The molecule has 165 valence electrons. The molecular weight excluding hydrogens is 555 g/mol. The first-order valence-corrected chi connectivity index (χ1v) is 8.19. The maximum Gasteiger partial charge on any atom is 0.339 e. The number of carbonyl (C=O) groups is 3. The minimum atomic E-state index is -1.11. The molecule has 9 nitrogen and oxygen atoms in total. The van der Waals surface area contributed by atoms with Crippen LogP contribution in [0.4, 0.5) is 0 Å². The van der Waals surface area contributed by atoms with Gasteiger partial charge in [-0.25, -0.2) is 14.4 Å². The van der Waals surface area contributed by atoms with Gasteiger partial charge in [0.2, 0.25) is 0 Å². The molecule has 3 aromatic rings. The number of carboxylic acid groups (broad SMARTS) is 3. The molecule has 1 radical (unpaired) electrons. The monoisotopic (exact) mass is 573 g/mol. The van der Waals surface area contributed by atoms with Crippen molar-refractivity contribution in [1.82, 2.24) is 0 Å². The van der Waals surface area contributed by atoms with Gasteiger partial charge in [0, 0.05) is 38.6 Å². The van der Waals surface area contributed by atoms with Crippen LogP contribution in [0.25, 0.3) is 0 Å². The summed E-state index contributed by atoms with van der Waals surface area (Å²) in [4.78, 5) is 30.8. The first kappa shape index (κ1) is 27.8. The van der Waals surface area contributed by atoms with Gasteiger partial charge >= 0.3 is 17.9 Å². The van der Waals surface area contributed by atoms with Crippen molar-refractivity contribution in [3.05, 3.63) is 89.5 Å². The second-order valence-corrected chi connectivity index (χ2v) is 5.47. The number of rotatable bonds is 3. The summed E-state index contributed by atoms with van der Waals surface area (Å²) < 4.78 is 0. The van der Waals surface area contributed by atoms with Crippen LogP contribution in [0, 0.1) is 38.6 Å². The van der Waals surface area contributed by atoms with E-state index in [0.717, 1.165) is 0 Å². The van der Waals surface area contributed by atoms with Crippen molar-refractivity contribution in [3.63, 3.8) is 0 Å². The first-order valence-electron chi connectivity index (χ1n) is 8.19. The van der Waals surface area contributed by atoms with Gasteiger partial charge in [-0.3, -0.25) is 0 Å². The Morgan fingerprint density at radius 2 is 0.645 bits per heavy atom. The Morgan fingerprint density at radius 1 is 0.452 bits per heavy atom. The Kier molecular flexibility index (Phi) is 12.4. The van der Waals surface area contributed by atoms with Crippen molar-refractivity contribution in [2.75, 3.05) is 0 Å². The van der Waals surface area contributed by atoms with Crippen LogP contribution in [0.1, 0.15) is 31.1 Å². The molecule has 0 atom stereocenters. The number of hydrogen-bond donors (Lipinski definition) is 6. The molecule has 0 fully saturated rings. The molecule has 0 aliphatic rings. The summed E-state index contributed by atoms with van der Waals surface area (Å²) in [5, 5.41) is 51.9. The van der Waals surface area contributed by atoms with Gasteiger partial charge in [0.05, 0.1) is 0 Å². The van der Waals surface area contributed by atoms with Crippen molar-refractivity contribution >= 4 is 17.9 Å². The van der Waals surface area contributed by atoms with Crippen LogP contribution in [-0.4, -0.2) is 48.5 Å². The topological polar surface area (TPSA) is 173 Å². The average molecular weight is 573 g/mol. The van der Waals surface area contributed by atoms with Crippen LogP contribution in [0.5, 0.6) is 17.2 Å².